The van der Waals surface area contributed by atoms with Crippen molar-refractivity contribution in [3.8, 4) is 0 Å². The van der Waals surface area contributed by atoms with Gasteiger partial charge in [0.25, 0.3) is 0 Å². The summed E-state index contributed by atoms with van der Waals surface area (Å²) in [7, 11) is 0. The predicted octanol–water partition coefficient (Wildman–Crippen LogP) is 2.04. The molecule has 0 saturated heterocycles. The van der Waals surface area contributed by atoms with Crippen molar-refractivity contribution in [2.24, 2.45) is 5.92 Å². The predicted molar refractivity (Wildman–Crippen MR) is 61.5 cm³/mol. The first-order valence-corrected chi connectivity index (χ1v) is 5.56. The van der Waals surface area contributed by atoms with Crippen LogP contribution in [0.3, 0.4) is 0 Å². The summed E-state index contributed by atoms with van der Waals surface area (Å²) in [5.74, 6) is 0.604. The first-order chi connectivity index (χ1) is 7.18. The molecular formula is C12H20N2O. The Labute approximate surface area is 91.5 Å². The van der Waals surface area contributed by atoms with Gasteiger partial charge in [0.05, 0.1) is 0 Å². The summed E-state index contributed by atoms with van der Waals surface area (Å²) >= 11 is 0. The van der Waals surface area contributed by atoms with Gasteiger partial charge in [0, 0.05) is 31.9 Å². The topological polar surface area (TPSA) is 34.0 Å². The summed E-state index contributed by atoms with van der Waals surface area (Å²) < 4.78 is 2.12. The fraction of sp³-hybridized carbons (Fsp3) is 0.583. The number of aromatic nitrogens is 1. The average molecular weight is 208 g/mol. The molecule has 1 heterocycles. The van der Waals surface area contributed by atoms with Gasteiger partial charge in [-0.2, -0.15) is 0 Å². The van der Waals surface area contributed by atoms with Crippen LogP contribution < -0.4 is 5.32 Å². The molecule has 0 radical (unpaired) electrons. The van der Waals surface area contributed by atoms with E-state index in [9.17, 15) is 4.79 Å². The SMILES string of the molecule is CC(C)CC(=O)NCCCn1cccc1. The van der Waals surface area contributed by atoms with Crippen LogP contribution in [0.5, 0.6) is 0 Å². The molecule has 0 aliphatic rings. The van der Waals surface area contributed by atoms with Gasteiger partial charge in [-0.15, -0.1) is 0 Å². The van der Waals surface area contributed by atoms with E-state index < -0.39 is 0 Å². The number of hydrogen-bond acceptors (Lipinski definition) is 1. The largest absolute Gasteiger partial charge is 0.356 e. The summed E-state index contributed by atoms with van der Waals surface area (Å²) in [6.45, 7) is 5.84. The van der Waals surface area contributed by atoms with Crippen molar-refractivity contribution in [2.45, 2.75) is 33.2 Å². The highest BCUT2D eigenvalue weighted by Crippen LogP contribution is 1.98. The molecule has 3 nitrogen and oxygen atoms in total. The van der Waals surface area contributed by atoms with Gasteiger partial charge in [-0.25, -0.2) is 0 Å². The Bertz CT molecular complexity index is 278. The molecule has 1 N–H and O–H groups in total. The maximum absolute atomic E-state index is 11.3. The van der Waals surface area contributed by atoms with E-state index in [-0.39, 0.29) is 5.91 Å². The second-order valence-corrected chi connectivity index (χ2v) is 4.22. The molecule has 0 aliphatic carbocycles. The minimum atomic E-state index is 0.164. The van der Waals surface area contributed by atoms with Crippen molar-refractivity contribution in [3.63, 3.8) is 0 Å². The Hall–Kier alpha value is -1.25. The van der Waals surface area contributed by atoms with E-state index in [2.05, 4.69) is 23.7 Å². The molecule has 1 amide bonds. The van der Waals surface area contributed by atoms with E-state index in [0.717, 1.165) is 19.5 Å². The summed E-state index contributed by atoms with van der Waals surface area (Å²) in [4.78, 5) is 11.3. The molecule has 0 aliphatic heterocycles. The molecule has 3 heteroatoms. The smallest absolute Gasteiger partial charge is 0.220 e. The van der Waals surface area contributed by atoms with Crippen LogP contribution in [-0.2, 0) is 11.3 Å². The van der Waals surface area contributed by atoms with Crippen LogP contribution in [-0.4, -0.2) is 17.0 Å². The lowest BCUT2D eigenvalue weighted by Crippen LogP contribution is -2.26. The first-order valence-electron chi connectivity index (χ1n) is 5.56. The monoisotopic (exact) mass is 208 g/mol. The van der Waals surface area contributed by atoms with Crippen molar-refractivity contribution < 1.29 is 4.79 Å². The van der Waals surface area contributed by atoms with Crippen LogP contribution in [0, 0.1) is 5.92 Å². The van der Waals surface area contributed by atoms with Crippen LogP contribution in [0.15, 0.2) is 24.5 Å². The molecule has 0 aromatic carbocycles. The Morgan fingerprint density at radius 3 is 2.60 bits per heavy atom. The minimum Gasteiger partial charge on any atom is -0.356 e. The number of hydrogen-bond donors (Lipinski definition) is 1. The van der Waals surface area contributed by atoms with E-state index in [1.807, 2.05) is 24.5 Å². The highest BCUT2D eigenvalue weighted by Gasteiger charge is 2.02. The number of aryl methyl sites for hydroxylation is 1. The Balaban J connectivity index is 2.04. The van der Waals surface area contributed by atoms with E-state index >= 15 is 0 Å². The van der Waals surface area contributed by atoms with Crippen molar-refractivity contribution in [2.75, 3.05) is 6.54 Å². The molecular weight excluding hydrogens is 188 g/mol. The molecule has 15 heavy (non-hydrogen) atoms. The standard InChI is InChI=1S/C12H20N2O/c1-11(2)10-12(15)13-6-5-9-14-7-3-4-8-14/h3-4,7-8,11H,5-6,9-10H2,1-2H3,(H,13,15). The second kappa shape index (κ2) is 6.27. The normalized spacial score (nSPS) is 10.6. The van der Waals surface area contributed by atoms with Crippen molar-refractivity contribution in [1.29, 1.82) is 0 Å². The number of nitrogens with zero attached hydrogens (tertiary/aromatic N) is 1. The van der Waals surface area contributed by atoms with Crippen LogP contribution in [0.1, 0.15) is 26.7 Å². The van der Waals surface area contributed by atoms with Crippen molar-refractivity contribution in [1.82, 2.24) is 9.88 Å². The molecule has 1 aromatic rings. The third-order valence-corrected chi connectivity index (χ3v) is 2.18. The summed E-state index contributed by atoms with van der Waals surface area (Å²) in [6.07, 6.45) is 5.69. The Morgan fingerprint density at radius 1 is 1.33 bits per heavy atom. The van der Waals surface area contributed by atoms with Gasteiger partial charge in [0.2, 0.25) is 5.91 Å². The maximum atomic E-state index is 11.3. The van der Waals surface area contributed by atoms with Crippen LogP contribution in [0.4, 0.5) is 0 Å². The van der Waals surface area contributed by atoms with Crippen molar-refractivity contribution in [3.05, 3.63) is 24.5 Å². The Morgan fingerprint density at radius 2 is 2.00 bits per heavy atom. The van der Waals surface area contributed by atoms with E-state index in [0.29, 0.717) is 12.3 Å². The van der Waals surface area contributed by atoms with Gasteiger partial charge in [-0.1, -0.05) is 13.8 Å². The summed E-state index contributed by atoms with van der Waals surface area (Å²) in [5.41, 5.74) is 0. The number of rotatable bonds is 6. The van der Waals surface area contributed by atoms with Gasteiger partial charge in [0.1, 0.15) is 0 Å². The van der Waals surface area contributed by atoms with Gasteiger partial charge < -0.3 is 9.88 Å². The quantitative estimate of drug-likeness (QED) is 0.713. The fourth-order valence-corrected chi connectivity index (χ4v) is 1.45. The highest BCUT2D eigenvalue weighted by atomic mass is 16.1. The van der Waals surface area contributed by atoms with Gasteiger partial charge in [-0.3, -0.25) is 4.79 Å². The zero-order valence-corrected chi connectivity index (χ0v) is 9.57. The molecule has 1 aromatic heterocycles. The fourth-order valence-electron chi connectivity index (χ4n) is 1.45. The molecule has 0 bridgehead atoms. The molecule has 0 unspecified atom stereocenters. The van der Waals surface area contributed by atoms with Crippen LogP contribution in [0.25, 0.3) is 0 Å². The van der Waals surface area contributed by atoms with E-state index in [4.69, 9.17) is 0 Å². The zero-order valence-electron chi connectivity index (χ0n) is 9.57. The molecule has 0 spiro atoms. The molecule has 84 valence electrons. The summed E-state index contributed by atoms with van der Waals surface area (Å²) in [5, 5.41) is 2.92. The van der Waals surface area contributed by atoms with Gasteiger partial charge in [-0.05, 0) is 24.5 Å². The maximum Gasteiger partial charge on any atom is 0.220 e. The molecule has 0 saturated carbocycles. The molecule has 0 fully saturated rings. The van der Waals surface area contributed by atoms with Gasteiger partial charge >= 0.3 is 0 Å². The zero-order chi connectivity index (χ0) is 11.1. The van der Waals surface area contributed by atoms with E-state index in [1.165, 1.54) is 0 Å². The third-order valence-electron chi connectivity index (χ3n) is 2.18. The lowest BCUT2D eigenvalue weighted by atomic mass is 10.1. The molecule has 1 rings (SSSR count). The van der Waals surface area contributed by atoms with Crippen LogP contribution >= 0.6 is 0 Å². The lowest BCUT2D eigenvalue weighted by molar-refractivity contribution is -0.121. The van der Waals surface area contributed by atoms with Gasteiger partial charge in [0.15, 0.2) is 0 Å². The number of nitrogens with one attached hydrogen (secondary N) is 1. The average Bonchev–Trinajstić information content (AvgIpc) is 2.63. The second-order valence-electron chi connectivity index (χ2n) is 4.22. The van der Waals surface area contributed by atoms with Crippen molar-refractivity contribution >= 4 is 5.91 Å². The number of carbonyl (C=O) groups is 1. The number of amides is 1. The highest BCUT2D eigenvalue weighted by molar-refractivity contribution is 5.75. The first kappa shape index (κ1) is 11.8. The number of carbonyl (C=O) groups excluding carboxylic acids is 1. The summed E-state index contributed by atoms with van der Waals surface area (Å²) in [6, 6.07) is 4.02. The minimum absolute atomic E-state index is 0.164. The Kier molecular flexibility index (Phi) is 4.95. The van der Waals surface area contributed by atoms with E-state index in [1.54, 1.807) is 0 Å². The molecule has 0 atom stereocenters. The third kappa shape index (κ3) is 5.25. The lowest BCUT2D eigenvalue weighted by Gasteiger charge is -2.07. The van der Waals surface area contributed by atoms with Crippen LogP contribution in [0.2, 0.25) is 0 Å².